The molecule has 0 aromatic carbocycles. The first kappa shape index (κ1) is 17.5. The topological polar surface area (TPSA) is 58.6 Å². The maximum absolute atomic E-state index is 12.6. The molecular weight excluding hydrogens is 325 g/mol. The lowest BCUT2D eigenvalue weighted by molar-refractivity contribution is -0.171. The van der Waals surface area contributed by atoms with Crippen LogP contribution >= 0.6 is 0 Å². The fourth-order valence-corrected chi connectivity index (χ4v) is 4.10. The van der Waals surface area contributed by atoms with Gasteiger partial charge >= 0.3 is 12.1 Å². The molecule has 3 aliphatic rings. The van der Waals surface area contributed by atoms with Crippen LogP contribution in [-0.2, 0) is 14.3 Å². The van der Waals surface area contributed by atoms with E-state index < -0.39 is 42.0 Å². The number of alkyl halides is 3. The average Bonchev–Trinajstić information content (AvgIpc) is 2.57. The molecule has 0 spiro atoms. The van der Waals surface area contributed by atoms with E-state index in [4.69, 9.17) is 4.74 Å². The Morgan fingerprint density at radius 2 is 1.79 bits per heavy atom. The van der Waals surface area contributed by atoms with Crippen molar-refractivity contribution in [2.24, 2.45) is 11.3 Å². The van der Waals surface area contributed by atoms with Crippen LogP contribution in [0.15, 0.2) is 0 Å². The number of nitrogens with zero attached hydrogens (tertiary/aromatic N) is 1. The Balaban J connectivity index is 1.81. The van der Waals surface area contributed by atoms with E-state index in [-0.39, 0.29) is 18.0 Å². The van der Waals surface area contributed by atoms with E-state index in [1.54, 1.807) is 20.8 Å². The van der Waals surface area contributed by atoms with Crippen LogP contribution in [0.1, 0.15) is 40.0 Å². The fourth-order valence-electron chi connectivity index (χ4n) is 4.10. The second-order valence-electron chi connectivity index (χ2n) is 8.17. The predicted molar refractivity (Wildman–Crippen MR) is 78.9 cm³/mol. The van der Waals surface area contributed by atoms with Crippen molar-refractivity contribution in [3.63, 3.8) is 0 Å². The molecule has 5 nitrogen and oxygen atoms in total. The number of piperidine rings is 2. The van der Waals surface area contributed by atoms with Gasteiger partial charge in [0.2, 0.25) is 5.91 Å². The molecule has 3 aliphatic heterocycles. The first-order valence-corrected chi connectivity index (χ1v) is 8.29. The van der Waals surface area contributed by atoms with Gasteiger partial charge in [0.15, 0.2) is 0 Å². The maximum Gasteiger partial charge on any atom is 0.397 e. The van der Waals surface area contributed by atoms with Crippen LogP contribution in [-0.4, -0.2) is 53.7 Å². The van der Waals surface area contributed by atoms with Crippen molar-refractivity contribution in [3.05, 3.63) is 0 Å². The van der Waals surface area contributed by atoms with Crippen molar-refractivity contribution in [2.45, 2.75) is 70.4 Å². The first-order valence-electron chi connectivity index (χ1n) is 8.29. The molecule has 3 fully saturated rings. The molecule has 5 unspecified atom stereocenters. The summed E-state index contributed by atoms with van der Waals surface area (Å²) in [6, 6.07) is -0.693. The van der Waals surface area contributed by atoms with Gasteiger partial charge in [-0.1, -0.05) is 0 Å². The maximum atomic E-state index is 12.6. The van der Waals surface area contributed by atoms with E-state index in [1.807, 2.05) is 0 Å². The highest BCUT2D eigenvalue weighted by Gasteiger charge is 2.57. The molecule has 3 rings (SSSR count). The zero-order valence-corrected chi connectivity index (χ0v) is 14.0. The lowest BCUT2D eigenvalue weighted by atomic mass is 9.88. The molecule has 0 aliphatic carbocycles. The molecule has 0 saturated carbocycles. The highest BCUT2D eigenvalue weighted by molar-refractivity contribution is 5.78. The Hall–Kier alpha value is -1.31. The number of esters is 1. The monoisotopic (exact) mass is 348 g/mol. The summed E-state index contributed by atoms with van der Waals surface area (Å²) >= 11 is 0. The van der Waals surface area contributed by atoms with E-state index in [9.17, 15) is 22.8 Å². The van der Waals surface area contributed by atoms with E-state index in [1.165, 1.54) is 4.90 Å². The molecule has 0 aromatic rings. The van der Waals surface area contributed by atoms with Gasteiger partial charge in [0.1, 0.15) is 12.5 Å². The number of rotatable bonds is 2. The third-order valence-corrected chi connectivity index (χ3v) is 5.09. The normalized spacial score (nSPS) is 35.2. The summed E-state index contributed by atoms with van der Waals surface area (Å²) < 4.78 is 43.5. The number of likely N-dealkylation sites (tertiary alicyclic amines) is 1. The van der Waals surface area contributed by atoms with E-state index in [0.717, 1.165) is 6.42 Å². The molecule has 1 amide bonds. The van der Waals surface area contributed by atoms with Crippen LogP contribution in [0.5, 0.6) is 0 Å². The summed E-state index contributed by atoms with van der Waals surface area (Å²) in [7, 11) is 0. The Morgan fingerprint density at radius 1 is 1.17 bits per heavy atom. The molecule has 136 valence electrons. The summed E-state index contributed by atoms with van der Waals surface area (Å²) in [6.07, 6.45) is -5.05. The van der Waals surface area contributed by atoms with Crippen LogP contribution in [0.4, 0.5) is 13.2 Å². The van der Waals surface area contributed by atoms with E-state index >= 15 is 0 Å². The fraction of sp³-hybridized carbons (Fsp3) is 0.875. The lowest BCUT2D eigenvalue weighted by Crippen LogP contribution is -2.58. The summed E-state index contributed by atoms with van der Waals surface area (Å²) in [5.41, 5.74) is -0.699. The minimum atomic E-state index is -4.53. The van der Waals surface area contributed by atoms with Gasteiger partial charge in [-0.05, 0) is 39.5 Å². The molecule has 24 heavy (non-hydrogen) atoms. The average molecular weight is 348 g/mol. The van der Waals surface area contributed by atoms with Crippen molar-refractivity contribution < 1.29 is 27.5 Å². The van der Waals surface area contributed by atoms with Crippen molar-refractivity contribution in [1.82, 2.24) is 10.2 Å². The Kier molecular flexibility index (Phi) is 4.09. The van der Waals surface area contributed by atoms with Crippen LogP contribution < -0.4 is 5.32 Å². The number of fused-ring (bicyclic) bond motifs is 2. The van der Waals surface area contributed by atoms with Gasteiger partial charge in [-0.15, -0.1) is 0 Å². The molecule has 3 saturated heterocycles. The van der Waals surface area contributed by atoms with Crippen LogP contribution in [0.2, 0.25) is 0 Å². The van der Waals surface area contributed by atoms with Crippen LogP contribution in [0.3, 0.4) is 0 Å². The van der Waals surface area contributed by atoms with Gasteiger partial charge in [0.25, 0.3) is 0 Å². The molecule has 3 heterocycles. The molecule has 8 heteroatoms. The first-order chi connectivity index (χ1) is 11.0. The molecule has 1 N–H and O–H groups in total. The number of amides is 1. The molecule has 0 aromatic heterocycles. The van der Waals surface area contributed by atoms with Gasteiger partial charge in [0.05, 0.1) is 11.5 Å². The standard InChI is InChI=1S/C16H23F3N2O3/c1-15(2,3)14(23)24-13-10-5-8-4-9(20-10)12(13)21(7-8)11(22)6-16(17,18)19/h8-10,12-13,20H,4-7H2,1-3H3. The zero-order valence-electron chi connectivity index (χ0n) is 14.0. The second-order valence-corrected chi connectivity index (χ2v) is 8.17. The van der Waals surface area contributed by atoms with Crippen molar-refractivity contribution in [1.29, 1.82) is 0 Å². The van der Waals surface area contributed by atoms with Gasteiger partial charge in [-0.3, -0.25) is 9.59 Å². The van der Waals surface area contributed by atoms with Crippen LogP contribution in [0.25, 0.3) is 0 Å². The van der Waals surface area contributed by atoms with Gasteiger partial charge < -0.3 is 15.0 Å². The molecule has 3 bridgehead atoms. The number of nitrogens with one attached hydrogen (secondary N) is 1. The third-order valence-electron chi connectivity index (χ3n) is 5.09. The van der Waals surface area contributed by atoms with Gasteiger partial charge in [-0.2, -0.15) is 13.2 Å². The smallest absolute Gasteiger partial charge is 0.397 e. The largest absolute Gasteiger partial charge is 0.458 e. The minimum absolute atomic E-state index is 0.0891. The molecule has 0 radical (unpaired) electrons. The van der Waals surface area contributed by atoms with Crippen molar-refractivity contribution >= 4 is 11.9 Å². The summed E-state index contributed by atoms with van der Waals surface area (Å²) in [5, 5.41) is 3.32. The van der Waals surface area contributed by atoms with E-state index in [2.05, 4.69) is 5.32 Å². The summed E-state index contributed by atoms with van der Waals surface area (Å²) in [6.45, 7) is 5.51. The highest BCUT2D eigenvalue weighted by atomic mass is 19.4. The van der Waals surface area contributed by atoms with Crippen molar-refractivity contribution in [2.75, 3.05) is 6.54 Å². The van der Waals surface area contributed by atoms with Crippen LogP contribution in [0, 0.1) is 11.3 Å². The number of ether oxygens (including phenoxy) is 1. The zero-order chi connectivity index (χ0) is 17.9. The number of carbonyl (C=O) groups is 2. The minimum Gasteiger partial charge on any atom is -0.458 e. The highest BCUT2D eigenvalue weighted by Crippen LogP contribution is 2.42. The Labute approximate surface area is 138 Å². The predicted octanol–water partition coefficient (Wildman–Crippen LogP) is 1.86. The second kappa shape index (κ2) is 5.61. The third kappa shape index (κ3) is 3.25. The number of hydrogen-bond acceptors (Lipinski definition) is 4. The van der Waals surface area contributed by atoms with Crippen molar-refractivity contribution in [3.8, 4) is 0 Å². The Bertz CT molecular complexity index is 544. The molecule has 5 atom stereocenters. The van der Waals surface area contributed by atoms with E-state index in [0.29, 0.717) is 13.0 Å². The lowest BCUT2D eigenvalue weighted by Gasteiger charge is -2.42. The Morgan fingerprint density at radius 3 is 2.38 bits per heavy atom. The SMILES string of the molecule is CC(C)(C)C(=O)OC1C2CC3CC(N2)C1N(C(=O)CC(F)(F)F)C3. The number of halogens is 3. The summed E-state index contributed by atoms with van der Waals surface area (Å²) in [5.74, 6) is -1.16. The van der Waals surface area contributed by atoms with Gasteiger partial charge in [-0.25, -0.2) is 0 Å². The molecular formula is C16H23F3N2O3. The number of hydrogen-bond donors (Lipinski definition) is 1. The summed E-state index contributed by atoms with van der Waals surface area (Å²) in [4.78, 5) is 25.7. The quantitative estimate of drug-likeness (QED) is 0.774. The van der Waals surface area contributed by atoms with Gasteiger partial charge in [0, 0.05) is 18.6 Å². The number of carbonyl (C=O) groups excluding carboxylic acids is 2.